The molecule has 0 spiro atoms. The van der Waals surface area contributed by atoms with Gasteiger partial charge in [-0.2, -0.15) is 0 Å². The van der Waals surface area contributed by atoms with Crippen LogP contribution in [0.1, 0.15) is 6.92 Å². The topological polar surface area (TPSA) is 68.0 Å². The molecule has 0 fully saturated rings. The lowest BCUT2D eigenvalue weighted by Gasteiger charge is -2.02. The van der Waals surface area contributed by atoms with E-state index >= 15 is 0 Å². The van der Waals surface area contributed by atoms with E-state index in [4.69, 9.17) is 5.73 Å². The summed E-state index contributed by atoms with van der Waals surface area (Å²) in [4.78, 5) is 15.1. The second-order valence-corrected chi connectivity index (χ2v) is 4.95. The van der Waals surface area contributed by atoms with E-state index in [1.54, 1.807) is 0 Å². The van der Waals surface area contributed by atoms with E-state index in [2.05, 4.69) is 26.2 Å². The number of hydrogen-bond donors (Lipinski definition) is 2. The van der Waals surface area contributed by atoms with Gasteiger partial charge < -0.3 is 11.1 Å². The molecule has 1 heterocycles. The molecule has 0 aliphatic carbocycles. The molecule has 1 aromatic heterocycles. The lowest BCUT2D eigenvalue weighted by molar-refractivity contribution is -0.114. The average Bonchev–Trinajstić information content (AvgIpc) is 2.44. The van der Waals surface area contributed by atoms with Gasteiger partial charge in [0, 0.05) is 17.1 Å². The minimum Gasteiger partial charge on any atom is -0.375 e. The Hall–Kier alpha value is -1.14. The first-order valence-electron chi connectivity index (χ1n) is 4.19. The summed E-state index contributed by atoms with van der Waals surface area (Å²) < 4.78 is 1.78. The molecule has 0 radical (unpaired) electrons. The zero-order valence-corrected chi connectivity index (χ0v) is 10.3. The summed E-state index contributed by atoms with van der Waals surface area (Å²) in [5.41, 5.74) is 7.18. The van der Waals surface area contributed by atoms with Crippen molar-refractivity contribution in [2.24, 2.45) is 0 Å². The van der Waals surface area contributed by atoms with Crippen LogP contribution in [0.2, 0.25) is 0 Å². The molecule has 15 heavy (non-hydrogen) atoms. The maximum Gasteiger partial charge on any atom is 0.221 e. The largest absolute Gasteiger partial charge is 0.375 e. The number of hydrogen-bond acceptors (Lipinski definition) is 4. The van der Waals surface area contributed by atoms with Crippen LogP contribution in [0.15, 0.2) is 16.6 Å². The SMILES string of the molecule is CC(=O)Nc1cc(Br)c2nc(N)sc2c1. The quantitative estimate of drug-likeness (QED) is 0.846. The fourth-order valence-corrected chi connectivity index (χ4v) is 2.76. The predicted molar refractivity (Wildman–Crippen MR) is 66.0 cm³/mol. The molecule has 4 nitrogen and oxygen atoms in total. The summed E-state index contributed by atoms with van der Waals surface area (Å²) in [5.74, 6) is -0.0984. The number of carbonyl (C=O) groups is 1. The molecule has 0 saturated heterocycles. The van der Waals surface area contributed by atoms with Crippen LogP contribution in [0.3, 0.4) is 0 Å². The molecule has 0 aliphatic heterocycles. The first-order chi connectivity index (χ1) is 7.06. The summed E-state index contributed by atoms with van der Waals surface area (Å²) in [5, 5.41) is 3.24. The van der Waals surface area contributed by atoms with Crippen LogP contribution in [0.4, 0.5) is 10.8 Å². The standard InChI is InChI=1S/C9H8BrN3OS/c1-4(14)12-5-2-6(10)8-7(3-5)15-9(11)13-8/h2-3H,1H3,(H2,11,13)(H,12,14). The Morgan fingerprint density at radius 1 is 1.60 bits per heavy atom. The number of carbonyl (C=O) groups excluding carboxylic acids is 1. The number of nitrogens with two attached hydrogens (primary N) is 1. The number of nitrogens with zero attached hydrogens (tertiary/aromatic N) is 1. The fraction of sp³-hybridized carbons (Fsp3) is 0.111. The third kappa shape index (κ3) is 2.10. The molecule has 2 rings (SSSR count). The number of aromatic nitrogens is 1. The van der Waals surface area contributed by atoms with Crippen LogP contribution in [-0.2, 0) is 4.79 Å². The maximum absolute atomic E-state index is 10.9. The third-order valence-corrected chi connectivity index (χ3v) is 3.22. The molecule has 6 heteroatoms. The van der Waals surface area contributed by atoms with Crippen molar-refractivity contribution in [2.45, 2.75) is 6.92 Å². The highest BCUT2D eigenvalue weighted by atomic mass is 79.9. The number of halogens is 1. The number of nitrogen functional groups attached to an aromatic ring is 1. The Bertz CT molecular complexity index is 537. The molecule has 0 unspecified atom stereocenters. The second kappa shape index (κ2) is 3.79. The van der Waals surface area contributed by atoms with Crippen molar-refractivity contribution in [3.05, 3.63) is 16.6 Å². The molecule has 2 aromatic rings. The molecule has 1 aromatic carbocycles. The third-order valence-electron chi connectivity index (χ3n) is 1.79. The van der Waals surface area contributed by atoms with Gasteiger partial charge in [-0.1, -0.05) is 11.3 Å². The van der Waals surface area contributed by atoms with Gasteiger partial charge in [-0.3, -0.25) is 4.79 Å². The first kappa shape index (κ1) is 10.4. The number of thiazole rings is 1. The second-order valence-electron chi connectivity index (χ2n) is 3.04. The Labute approximate surface area is 98.6 Å². The van der Waals surface area contributed by atoms with Crippen molar-refractivity contribution < 1.29 is 4.79 Å². The van der Waals surface area contributed by atoms with E-state index in [-0.39, 0.29) is 5.91 Å². The van der Waals surface area contributed by atoms with E-state index in [9.17, 15) is 4.79 Å². The van der Waals surface area contributed by atoms with Gasteiger partial charge in [0.1, 0.15) is 0 Å². The molecule has 3 N–H and O–H groups in total. The molecule has 0 saturated carbocycles. The van der Waals surface area contributed by atoms with Crippen molar-refractivity contribution in [2.75, 3.05) is 11.1 Å². The van der Waals surface area contributed by atoms with Crippen LogP contribution >= 0.6 is 27.3 Å². The van der Waals surface area contributed by atoms with E-state index < -0.39 is 0 Å². The van der Waals surface area contributed by atoms with Gasteiger partial charge >= 0.3 is 0 Å². The van der Waals surface area contributed by atoms with Gasteiger partial charge in [0.05, 0.1) is 10.2 Å². The van der Waals surface area contributed by atoms with Gasteiger partial charge in [-0.15, -0.1) is 0 Å². The van der Waals surface area contributed by atoms with E-state index in [0.717, 1.165) is 20.4 Å². The predicted octanol–water partition coefficient (Wildman–Crippen LogP) is 2.60. The summed E-state index contributed by atoms with van der Waals surface area (Å²) in [6.07, 6.45) is 0. The lowest BCUT2D eigenvalue weighted by Crippen LogP contribution is -2.05. The smallest absolute Gasteiger partial charge is 0.221 e. The van der Waals surface area contributed by atoms with Crippen molar-refractivity contribution in [3.8, 4) is 0 Å². The van der Waals surface area contributed by atoms with Crippen LogP contribution in [0.25, 0.3) is 10.2 Å². The van der Waals surface area contributed by atoms with Crippen molar-refractivity contribution in [1.29, 1.82) is 0 Å². The van der Waals surface area contributed by atoms with Gasteiger partial charge in [0.15, 0.2) is 5.13 Å². The molecular formula is C9H8BrN3OS. The molecular weight excluding hydrogens is 278 g/mol. The summed E-state index contributed by atoms with van der Waals surface area (Å²) >= 11 is 4.78. The highest BCUT2D eigenvalue weighted by Crippen LogP contribution is 2.32. The van der Waals surface area contributed by atoms with Gasteiger partial charge in [-0.05, 0) is 28.1 Å². The molecule has 78 valence electrons. The Morgan fingerprint density at radius 3 is 3.00 bits per heavy atom. The molecule has 1 amide bonds. The minimum absolute atomic E-state index is 0.0984. The Kier molecular flexibility index (Phi) is 2.62. The van der Waals surface area contributed by atoms with Crippen LogP contribution in [0.5, 0.6) is 0 Å². The zero-order chi connectivity index (χ0) is 11.0. The van der Waals surface area contributed by atoms with Crippen LogP contribution in [0, 0.1) is 0 Å². The van der Waals surface area contributed by atoms with Crippen molar-refractivity contribution >= 4 is 54.2 Å². The Balaban J connectivity index is 2.56. The monoisotopic (exact) mass is 285 g/mol. The van der Waals surface area contributed by atoms with E-state index in [1.165, 1.54) is 18.3 Å². The average molecular weight is 286 g/mol. The van der Waals surface area contributed by atoms with Crippen molar-refractivity contribution in [3.63, 3.8) is 0 Å². The van der Waals surface area contributed by atoms with Crippen LogP contribution in [-0.4, -0.2) is 10.9 Å². The van der Waals surface area contributed by atoms with Crippen LogP contribution < -0.4 is 11.1 Å². The first-order valence-corrected chi connectivity index (χ1v) is 5.80. The highest BCUT2D eigenvalue weighted by Gasteiger charge is 2.07. The molecule has 0 aliphatic rings. The number of nitrogens with one attached hydrogen (secondary N) is 1. The molecule has 0 bridgehead atoms. The highest BCUT2D eigenvalue weighted by molar-refractivity contribution is 9.10. The van der Waals surface area contributed by atoms with Gasteiger partial charge in [0.2, 0.25) is 5.91 Å². The summed E-state index contributed by atoms with van der Waals surface area (Å²) in [7, 11) is 0. The number of fused-ring (bicyclic) bond motifs is 1. The number of anilines is 2. The fourth-order valence-electron chi connectivity index (χ4n) is 1.28. The normalized spacial score (nSPS) is 10.5. The minimum atomic E-state index is -0.0984. The van der Waals surface area contributed by atoms with Gasteiger partial charge in [0.25, 0.3) is 0 Å². The Morgan fingerprint density at radius 2 is 2.33 bits per heavy atom. The summed E-state index contributed by atoms with van der Waals surface area (Å²) in [6, 6.07) is 3.67. The lowest BCUT2D eigenvalue weighted by atomic mass is 10.3. The van der Waals surface area contributed by atoms with Gasteiger partial charge in [-0.25, -0.2) is 4.98 Å². The molecule has 0 atom stereocenters. The van der Waals surface area contributed by atoms with Crippen molar-refractivity contribution in [1.82, 2.24) is 4.98 Å². The number of amides is 1. The zero-order valence-electron chi connectivity index (χ0n) is 7.87. The number of benzene rings is 1. The van der Waals surface area contributed by atoms with E-state index in [0.29, 0.717) is 5.13 Å². The van der Waals surface area contributed by atoms with E-state index in [1.807, 2.05) is 12.1 Å². The number of rotatable bonds is 1. The summed E-state index contributed by atoms with van der Waals surface area (Å²) in [6.45, 7) is 1.47. The maximum atomic E-state index is 10.9.